The molecule has 0 bridgehead atoms. The fourth-order valence-electron chi connectivity index (χ4n) is 2.29. The standard InChI is InChI=1S/C11H20N4O2S/c1-9(2)12-6-10-13-8-14-15(10)11(3)4-5-18(16,17)7-11/h8-9,12H,4-7H2,1-3H3. The molecule has 1 unspecified atom stereocenters. The Hall–Kier alpha value is -0.950. The number of hydrogen-bond acceptors (Lipinski definition) is 5. The van der Waals surface area contributed by atoms with Crippen LogP contribution in [-0.4, -0.2) is 40.7 Å². The first kappa shape index (κ1) is 13.5. The first-order valence-corrected chi connectivity index (χ1v) is 7.98. The molecule has 2 heterocycles. The molecule has 1 fully saturated rings. The van der Waals surface area contributed by atoms with Crippen LogP contribution < -0.4 is 5.32 Å². The van der Waals surface area contributed by atoms with E-state index < -0.39 is 15.4 Å². The van der Waals surface area contributed by atoms with Gasteiger partial charge in [-0.15, -0.1) is 0 Å². The molecule has 0 radical (unpaired) electrons. The van der Waals surface area contributed by atoms with E-state index >= 15 is 0 Å². The second-order valence-electron chi connectivity index (χ2n) is 5.46. The van der Waals surface area contributed by atoms with E-state index in [2.05, 4.69) is 29.2 Å². The lowest BCUT2D eigenvalue weighted by Crippen LogP contribution is -2.36. The summed E-state index contributed by atoms with van der Waals surface area (Å²) >= 11 is 0. The van der Waals surface area contributed by atoms with Crippen molar-refractivity contribution < 1.29 is 8.42 Å². The van der Waals surface area contributed by atoms with Crippen LogP contribution in [0.1, 0.15) is 33.0 Å². The minimum atomic E-state index is -2.94. The Morgan fingerprint density at radius 2 is 2.28 bits per heavy atom. The molecular weight excluding hydrogens is 252 g/mol. The maximum Gasteiger partial charge on any atom is 0.152 e. The highest BCUT2D eigenvalue weighted by Gasteiger charge is 2.41. The number of sulfone groups is 1. The van der Waals surface area contributed by atoms with Crippen molar-refractivity contribution in [2.45, 2.75) is 45.3 Å². The van der Waals surface area contributed by atoms with E-state index in [1.807, 2.05) is 6.92 Å². The molecular formula is C11H20N4O2S. The number of aromatic nitrogens is 3. The number of rotatable bonds is 4. The molecule has 0 saturated carbocycles. The Labute approximate surface area is 108 Å². The van der Waals surface area contributed by atoms with Gasteiger partial charge in [-0.3, -0.25) is 0 Å². The average molecular weight is 272 g/mol. The number of nitrogens with one attached hydrogen (secondary N) is 1. The molecule has 6 nitrogen and oxygen atoms in total. The van der Waals surface area contributed by atoms with Gasteiger partial charge in [0.05, 0.1) is 23.6 Å². The van der Waals surface area contributed by atoms with Crippen molar-refractivity contribution in [3.63, 3.8) is 0 Å². The van der Waals surface area contributed by atoms with Crippen LogP contribution in [0, 0.1) is 0 Å². The first-order chi connectivity index (χ1) is 8.32. The van der Waals surface area contributed by atoms with Crippen LogP contribution in [0.4, 0.5) is 0 Å². The summed E-state index contributed by atoms with van der Waals surface area (Å²) in [5, 5.41) is 7.49. The third-order valence-electron chi connectivity index (χ3n) is 3.28. The normalized spacial score (nSPS) is 26.9. The first-order valence-electron chi connectivity index (χ1n) is 6.16. The third-order valence-corrected chi connectivity index (χ3v) is 5.17. The summed E-state index contributed by atoms with van der Waals surface area (Å²) in [4.78, 5) is 4.22. The van der Waals surface area contributed by atoms with E-state index in [-0.39, 0.29) is 11.5 Å². The van der Waals surface area contributed by atoms with Gasteiger partial charge in [-0.1, -0.05) is 13.8 Å². The molecule has 0 spiro atoms. The van der Waals surface area contributed by atoms with Gasteiger partial charge in [-0.05, 0) is 13.3 Å². The monoisotopic (exact) mass is 272 g/mol. The van der Waals surface area contributed by atoms with Crippen LogP contribution in [0.3, 0.4) is 0 Å². The molecule has 1 aromatic rings. The van der Waals surface area contributed by atoms with E-state index in [0.29, 0.717) is 19.0 Å². The second kappa shape index (κ2) is 4.62. The summed E-state index contributed by atoms with van der Waals surface area (Å²) in [5.74, 6) is 1.18. The van der Waals surface area contributed by atoms with Gasteiger partial charge in [0.2, 0.25) is 0 Å². The Kier molecular flexibility index (Phi) is 3.46. The molecule has 2 rings (SSSR count). The third kappa shape index (κ3) is 2.72. The zero-order valence-electron chi connectivity index (χ0n) is 11.0. The molecule has 1 atom stereocenters. The van der Waals surface area contributed by atoms with E-state index in [1.165, 1.54) is 6.33 Å². The van der Waals surface area contributed by atoms with Crippen molar-refractivity contribution in [1.82, 2.24) is 20.1 Å². The van der Waals surface area contributed by atoms with Crippen molar-refractivity contribution in [2.24, 2.45) is 0 Å². The summed E-state index contributed by atoms with van der Waals surface area (Å²) in [6.07, 6.45) is 2.10. The summed E-state index contributed by atoms with van der Waals surface area (Å²) in [6, 6.07) is 0.357. The lowest BCUT2D eigenvalue weighted by molar-refractivity contribution is 0.311. The van der Waals surface area contributed by atoms with Crippen molar-refractivity contribution >= 4 is 9.84 Å². The van der Waals surface area contributed by atoms with Crippen LogP contribution in [0.25, 0.3) is 0 Å². The van der Waals surface area contributed by atoms with Gasteiger partial charge in [0.1, 0.15) is 12.2 Å². The molecule has 1 aliphatic heterocycles. The van der Waals surface area contributed by atoms with Gasteiger partial charge < -0.3 is 5.32 Å². The van der Waals surface area contributed by atoms with Crippen molar-refractivity contribution in [2.75, 3.05) is 11.5 Å². The molecule has 1 saturated heterocycles. The predicted molar refractivity (Wildman–Crippen MR) is 68.9 cm³/mol. The minimum Gasteiger partial charge on any atom is -0.308 e. The maximum atomic E-state index is 11.6. The van der Waals surface area contributed by atoms with E-state index in [1.54, 1.807) is 4.68 Å². The highest BCUT2D eigenvalue weighted by molar-refractivity contribution is 7.91. The molecule has 0 aromatic carbocycles. The highest BCUT2D eigenvalue weighted by Crippen LogP contribution is 2.30. The molecule has 102 valence electrons. The second-order valence-corrected chi connectivity index (χ2v) is 7.65. The lowest BCUT2D eigenvalue weighted by atomic mass is 10.0. The topological polar surface area (TPSA) is 76.9 Å². The summed E-state index contributed by atoms with van der Waals surface area (Å²) in [5.41, 5.74) is -0.455. The van der Waals surface area contributed by atoms with Gasteiger partial charge >= 0.3 is 0 Å². The predicted octanol–water partition coefficient (Wildman–Crippen LogP) is 0.310. The largest absolute Gasteiger partial charge is 0.308 e. The fraction of sp³-hybridized carbons (Fsp3) is 0.818. The van der Waals surface area contributed by atoms with Gasteiger partial charge in [0, 0.05) is 6.04 Å². The Morgan fingerprint density at radius 3 is 2.83 bits per heavy atom. The van der Waals surface area contributed by atoms with Crippen molar-refractivity contribution in [3.8, 4) is 0 Å². The summed E-state index contributed by atoms with van der Waals surface area (Å²) < 4.78 is 25.1. The SMILES string of the molecule is CC(C)NCc1ncnn1C1(C)CCS(=O)(=O)C1. The van der Waals surface area contributed by atoms with Crippen molar-refractivity contribution in [1.29, 1.82) is 0 Å². The van der Waals surface area contributed by atoms with Crippen molar-refractivity contribution in [3.05, 3.63) is 12.2 Å². The average Bonchev–Trinajstić information content (AvgIpc) is 2.81. The molecule has 7 heteroatoms. The van der Waals surface area contributed by atoms with Crippen LogP contribution in [0.15, 0.2) is 6.33 Å². The van der Waals surface area contributed by atoms with Crippen LogP contribution in [0.5, 0.6) is 0 Å². The van der Waals surface area contributed by atoms with Gasteiger partial charge in [-0.2, -0.15) is 5.10 Å². The smallest absolute Gasteiger partial charge is 0.152 e. The lowest BCUT2D eigenvalue weighted by Gasteiger charge is -2.24. The van der Waals surface area contributed by atoms with Crippen LogP contribution in [-0.2, 0) is 21.9 Å². The molecule has 0 amide bonds. The molecule has 18 heavy (non-hydrogen) atoms. The molecule has 1 aliphatic rings. The zero-order valence-corrected chi connectivity index (χ0v) is 11.9. The Morgan fingerprint density at radius 1 is 1.56 bits per heavy atom. The fourth-order valence-corrected chi connectivity index (χ4v) is 4.40. The minimum absolute atomic E-state index is 0.151. The highest BCUT2D eigenvalue weighted by atomic mass is 32.2. The Bertz CT molecular complexity index is 523. The molecule has 1 aromatic heterocycles. The molecule has 1 N–H and O–H groups in total. The maximum absolute atomic E-state index is 11.6. The molecule has 0 aliphatic carbocycles. The number of nitrogens with zero attached hydrogens (tertiary/aromatic N) is 3. The summed E-state index contributed by atoms with van der Waals surface area (Å²) in [6.45, 7) is 6.66. The van der Waals surface area contributed by atoms with Gasteiger partial charge in [0.15, 0.2) is 9.84 Å². The van der Waals surface area contributed by atoms with Gasteiger partial charge in [0.25, 0.3) is 0 Å². The van der Waals surface area contributed by atoms with E-state index in [0.717, 1.165) is 5.82 Å². The van der Waals surface area contributed by atoms with Crippen LogP contribution in [0.2, 0.25) is 0 Å². The summed E-state index contributed by atoms with van der Waals surface area (Å²) in [7, 11) is -2.94. The van der Waals surface area contributed by atoms with Crippen LogP contribution >= 0.6 is 0 Å². The van der Waals surface area contributed by atoms with E-state index in [9.17, 15) is 8.42 Å². The van der Waals surface area contributed by atoms with E-state index in [4.69, 9.17) is 0 Å². The quantitative estimate of drug-likeness (QED) is 0.853. The zero-order chi connectivity index (χ0) is 13.4. The Balaban J connectivity index is 2.21. The number of hydrogen-bond donors (Lipinski definition) is 1. The van der Waals surface area contributed by atoms with Gasteiger partial charge in [-0.25, -0.2) is 18.1 Å².